The van der Waals surface area contributed by atoms with Crippen molar-refractivity contribution < 1.29 is 26.2 Å². The molecule has 25 heavy (non-hydrogen) atoms. The van der Waals surface area contributed by atoms with Gasteiger partial charge in [-0.2, -0.15) is 0 Å². The molecule has 0 saturated carbocycles. The molecule has 2 nitrogen and oxygen atoms in total. The Kier molecular flexibility index (Phi) is 14.3. The third-order valence-electron chi connectivity index (χ3n) is 5.12. The molecular weight excluding hydrogens is 374 g/mol. The first kappa shape index (κ1) is 24.5. The van der Waals surface area contributed by atoms with Crippen LogP contribution < -0.4 is 21.7 Å². The number of benzene rings is 1. The van der Waals surface area contributed by atoms with E-state index in [9.17, 15) is 0 Å². The van der Waals surface area contributed by atoms with Crippen LogP contribution in [0.3, 0.4) is 0 Å². The molecule has 0 aromatic heterocycles. The van der Waals surface area contributed by atoms with Gasteiger partial charge in [0.2, 0.25) is 6.23 Å². The Hall–Kier alpha value is -0.540. The van der Waals surface area contributed by atoms with Crippen molar-refractivity contribution in [3.63, 3.8) is 0 Å². The topological polar surface area (TPSA) is 9.23 Å². The maximum Gasteiger partial charge on any atom is 0.230 e. The molecule has 1 atom stereocenters. The molecule has 0 fully saturated rings. The van der Waals surface area contributed by atoms with Crippen LogP contribution in [0.1, 0.15) is 78.1 Å². The molecule has 0 bridgehead atoms. The number of halogens is 1. The maximum absolute atomic E-state index is 6.09. The Balaban J connectivity index is 0.00000576. The second kappa shape index (κ2) is 14.6. The third-order valence-corrected chi connectivity index (χ3v) is 5.12. The van der Waals surface area contributed by atoms with Gasteiger partial charge in [0.25, 0.3) is 0 Å². The predicted octanol–water partition coefficient (Wildman–Crippen LogP) is 3.41. The van der Waals surface area contributed by atoms with Gasteiger partial charge in [-0.05, 0) is 25.0 Å². The minimum Gasteiger partial charge on any atom is -1.00 e. The summed E-state index contributed by atoms with van der Waals surface area (Å²) in [5, 5.41) is 0. The fraction of sp³-hybridized carbons (Fsp3) is 0.727. The van der Waals surface area contributed by atoms with E-state index in [0.717, 1.165) is 10.2 Å². The van der Waals surface area contributed by atoms with E-state index in [1.54, 1.807) is 0 Å². The van der Waals surface area contributed by atoms with Crippen LogP contribution in [0, 0.1) is 0 Å². The molecule has 3 heteroatoms. The molecule has 0 saturated heterocycles. The van der Waals surface area contributed by atoms with Crippen LogP contribution in [-0.4, -0.2) is 31.4 Å². The van der Waals surface area contributed by atoms with Gasteiger partial charge in [0.05, 0.1) is 20.6 Å². The standard InChI is InChI=1S/C22H40NO.BrH/c1-5-6-7-8-9-10-11-12-13-17-20-23(3,4)21(2)24-22-18-15-14-16-19-22;/h14-16,18-19,21H,5-13,17,20H2,1-4H3;1H/q+1;/p-1. The van der Waals surface area contributed by atoms with Crippen molar-refractivity contribution in [2.75, 3.05) is 20.6 Å². The molecule has 0 radical (unpaired) electrons. The fourth-order valence-corrected chi connectivity index (χ4v) is 3.03. The number of quaternary nitrogens is 1. The summed E-state index contributed by atoms with van der Waals surface area (Å²) in [5.74, 6) is 0.972. The van der Waals surface area contributed by atoms with E-state index in [1.807, 2.05) is 30.3 Å². The Bertz CT molecular complexity index is 408. The summed E-state index contributed by atoms with van der Waals surface area (Å²) < 4.78 is 7.02. The number of unbranched alkanes of at least 4 members (excludes halogenated alkanes) is 9. The van der Waals surface area contributed by atoms with Gasteiger partial charge < -0.3 is 21.7 Å². The van der Waals surface area contributed by atoms with Gasteiger partial charge in [0.15, 0.2) is 0 Å². The first-order valence-corrected chi connectivity index (χ1v) is 10.1. The zero-order valence-electron chi connectivity index (χ0n) is 17.0. The fourth-order valence-electron chi connectivity index (χ4n) is 3.03. The summed E-state index contributed by atoms with van der Waals surface area (Å²) in [6.45, 7) is 5.65. The van der Waals surface area contributed by atoms with Crippen molar-refractivity contribution in [3.8, 4) is 5.75 Å². The molecule has 0 spiro atoms. The van der Waals surface area contributed by atoms with E-state index in [4.69, 9.17) is 4.74 Å². The Morgan fingerprint density at radius 3 is 1.80 bits per heavy atom. The first-order chi connectivity index (χ1) is 11.6. The molecule has 0 aliphatic heterocycles. The number of ether oxygens (including phenoxy) is 1. The molecule has 1 aromatic rings. The lowest BCUT2D eigenvalue weighted by Crippen LogP contribution is -3.00. The minimum absolute atomic E-state index is 0. The monoisotopic (exact) mass is 413 g/mol. The highest BCUT2D eigenvalue weighted by Gasteiger charge is 2.24. The molecule has 0 aliphatic rings. The lowest BCUT2D eigenvalue weighted by atomic mass is 10.1. The zero-order chi connectivity index (χ0) is 17.7. The third kappa shape index (κ3) is 11.6. The van der Waals surface area contributed by atoms with Crippen LogP contribution in [-0.2, 0) is 0 Å². The van der Waals surface area contributed by atoms with Crippen molar-refractivity contribution in [2.45, 2.75) is 84.3 Å². The van der Waals surface area contributed by atoms with E-state index in [-0.39, 0.29) is 23.2 Å². The second-order valence-electron chi connectivity index (χ2n) is 7.71. The van der Waals surface area contributed by atoms with E-state index >= 15 is 0 Å². The molecule has 0 N–H and O–H groups in total. The van der Waals surface area contributed by atoms with Crippen molar-refractivity contribution >= 4 is 0 Å². The number of hydrogen-bond donors (Lipinski definition) is 0. The Morgan fingerprint density at radius 2 is 1.28 bits per heavy atom. The number of hydrogen-bond acceptors (Lipinski definition) is 1. The summed E-state index contributed by atoms with van der Waals surface area (Å²) >= 11 is 0. The normalized spacial score (nSPS) is 12.5. The average molecular weight is 414 g/mol. The molecule has 1 rings (SSSR count). The van der Waals surface area contributed by atoms with Gasteiger partial charge in [-0.15, -0.1) is 0 Å². The van der Waals surface area contributed by atoms with Crippen molar-refractivity contribution in [3.05, 3.63) is 30.3 Å². The van der Waals surface area contributed by atoms with Crippen molar-refractivity contribution in [2.24, 2.45) is 0 Å². The van der Waals surface area contributed by atoms with Gasteiger partial charge >= 0.3 is 0 Å². The van der Waals surface area contributed by atoms with E-state index in [1.165, 1.54) is 70.8 Å². The molecule has 0 amide bonds. The van der Waals surface area contributed by atoms with Gasteiger partial charge in [-0.1, -0.05) is 76.5 Å². The van der Waals surface area contributed by atoms with Crippen LogP contribution in [0.2, 0.25) is 0 Å². The summed E-state index contributed by atoms with van der Waals surface area (Å²) in [4.78, 5) is 0. The van der Waals surface area contributed by atoms with Crippen LogP contribution in [0.5, 0.6) is 5.75 Å². The number of nitrogens with zero attached hydrogens (tertiary/aromatic N) is 1. The largest absolute Gasteiger partial charge is 1.00 e. The Labute approximate surface area is 167 Å². The van der Waals surface area contributed by atoms with Gasteiger partial charge in [-0.25, -0.2) is 0 Å². The minimum atomic E-state index is 0. The van der Waals surface area contributed by atoms with Crippen LogP contribution in [0.4, 0.5) is 0 Å². The lowest BCUT2D eigenvalue weighted by molar-refractivity contribution is -0.931. The van der Waals surface area contributed by atoms with Gasteiger partial charge in [-0.3, -0.25) is 4.48 Å². The number of rotatable bonds is 14. The Morgan fingerprint density at radius 1 is 0.800 bits per heavy atom. The van der Waals surface area contributed by atoms with Crippen LogP contribution >= 0.6 is 0 Å². The SMILES string of the molecule is CCCCCCCCCCCC[N+](C)(C)C(C)Oc1ccccc1.[Br-]. The van der Waals surface area contributed by atoms with Crippen LogP contribution in [0.25, 0.3) is 0 Å². The summed E-state index contributed by atoms with van der Waals surface area (Å²) in [6, 6.07) is 10.2. The van der Waals surface area contributed by atoms with E-state index in [0.29, 0.717) is 0 Å². The zero-order valence-corrected chi connectivity index (χ0v) is 18.6. The summed E-state index contributed by atoms with van der Waals surface area (Å²) in [6.07, 6.45) is 14.1. The smallest absolute Gasteiger partial charge is 0.230 e. The highest BCUT2D eigenvalue weighted by atomic mass is 79.9. The highest BCUT2D eigenvalue weighted by molar-refractivity contribution is 5.20. The number of para-hydroxylation sites is 1. The van der Waals surface area contributed by atoms with Crippen molar-refractivity contribution in [1.29, 1.82) is 0 Å². The second-order valence-corrected chi connectivity index (χ2v) is 7.71. The molecular formula is C22H40BrNO. The van der Waals surface area contributed by atoms with E-state index < -0.39 is 0 Å². The summed E-state index contributed by atoms with van der Waals surface area (Å²) in [7, 11) is 4.56. The molecule has 0 aliphatic carbocycles. The van der Waals surface area contributed by atoms with Crippen LogP contribution in [0.15, 0.2) is 30.3 Å². The van der Waals surface area contributed by atoms with Crippen molar-refractivity contribution in [1.82, 2.24) is 0 Å². The highest BCUT2D eigenvalue weighted by Crippen LogP contribution is 2.17. The summed E-state index contributed by atoms with van der Waals surface area (Å²) in [5.41, 5.74) is 0. The lowest BCUT2D eigenvalue weighted by Gasteiger charge is -2.35. The van der Waals surface area contributed by atoms with E-state index in [2.05, 4.69) is 27.9 Å². The first-order valence-electron chi connectivity index (χ1n) is 10.1. The quantitative estimate of drug-likeness (QED) is 0.258. The maximum atomic E-state index is 6.09. The van der Waals surface area contributed by atoms with Gasteiger partial charge in [0, 0.05) is 6.92 Å². The molecule has 0 heterocycles. The molecule has 1 aromatic carbocycles. The molecule has 146 valence electrons. The average Bonchev–Trinajstić information content (AvgIpc) is 2.57. The molecule has 1 unspecified atom stereocenters. The van der Waals surface area contributed by atoms with Gasteiger partial charge in [0.1, 0.15) is 5.75 Å². The predicted molar refractivity (Wildman–Crippen MR) is 105 cm³/mol.